The number of hydrogen-bond donors (Lipinski definition) is 1. The summed E-state index contributed by atoms with van der Waals surface area (Å²) in [6, 6.07) is 12.1. The van der Waals surface area contributed by atoms with Crippen LogP contribution in [0.3, 0.4) is 0 Å². The molecule has 2 aliphatic rings. The zero-order valence-corrected chi connectivity index (χ0v) is 20.0. The number of nitrogens with zero attached hydrogens (tertiary/aromatic N) is 3. The third-order valence-corrected chi connectivity index (χ3v) is 8.65. The van der Waals surface area contributed by atoms with Crippen LogP contribution in [0.1, 0.15) is 32.6 Å². The predicted molar refractivity (Wildman–Crippen MR) is 128 cm³/mol. The quantitative estimate of drug-likeness (QED) is 0.469. The van der Waals surface area contributed by atoms with E-state index in [9.17, 15) is 4.79 Å². The van der Waals surface area contributed by atoms with Crippen LogP contribution < -0.4 is 10.1 Å². The molecule has 2 heterocycles. The third-order valence-electron chi connectivity index (χ3n) is 6.86. The normalized spacial score (nSPS) is 22.8. The lowest BCUT2D eigenvalue weighted by molar-refractivity contribution is -0.119. The Bertz CT molecular complexity index is 1080. The number of methoxy groups -OCH3 is 1. The molecule has 2 aromatic heterocycles. The first-order chi connectivity index (χ1) is 15.6. The van der Waals surface area contributed by atoms with Crippen LogP contribution in [0.4, 0.5) is 0 Å². The number of amides is 1. The van der Waals surface area contributed by atoms with Crippen molar-refractivity contribution in [2.75, 3.05) is 12.9 Å². The largest absolute Gasteiger partial charge is 0.495 e. The van der Waals surface area contributed by atoms with E-state index in [0.717, 1.165) is 34.0 Å². The molecule has 8 heteroatoms. The first kappa shape index (κ1) is 21.5. The van der Waals surface area contributed by atoms with E-state index in [2.05, 4.69) is 22.4 Å². The molecule has 2 fully saturated rings. The van der Waals surface area contributed by atoms with Gasteiger partial charge in [-0.15, -0.1) is 21.5 Å². The van der Waals surface area contributed by atoms with Gasteiger partial charge >= 0.3 is 0 Å². The van der Waals surface area contributed by atoms with Crippen molar-refractivity contribution in [3.05, 3.63) is 41.8 Å². The fourth-order valence-electron chi connectivity index (χ4n) is 5.40. The van der Waals surface area contributed by atoms with E-state index in [1.165, 1.54) is 37.4 Å². The highest BCUT2D eigenvalue weighted by Crippen LogP contribution is 2.49. The number of ether oxygens (including phenoxy) is 1. The van der Waals surface area contributed by atoms with E-state index in [4.69, 9.17) is 4.74 Å². The SMILES string of the molecule is COc1ccccc1-n1c(SCC(=O)NC(C)C2CC3CCC2C3)nnc1-c1cccs1. The second kappa shape index (κ2) is 9.27. The van der Waals surface area contributed by atoms with E-state index in [0.29, 0.717) is 16.8 Å². The maximum Gasteiger partial charge on any atom is 0.230 e. The lowest BCUT2D eigenvalue weighted by Crippen LogP contribution is -2.40. The number of thiophene rings is 1. The molecule has 2 bridgehead atoms. The standard InChI is InChI=1S/C24H28N4O2S2/c1-15(18-13-16-9-10-17(18)12-16)25-22(29)14-32-24-27-26-23(21-8-5-11-31-21)28(24)19-6-3-4-7-20(19)30-2/h3-8,11,15-18H,9-10,12-14H2,1-2H3,(H,25,29). The Morgan fingerprint density at radius 1 is 1.25 bits per heavy atom. The number of nitrogens with one attached hydrogen (secondary N) is 1. The van der Waals surface area contributed by atoms with Gasteiger partial charge in [-0.1, -0.05) is 36.4 Å². The van der Waals surface area contributed by atoms with E-state index in [1.54, 1.807) is 18.4 Å². The number of fused-ring (bicyclic) bond motifs is 2. The van der Waals surface area contributed by atoms with Gasteiger partial charge < -0.3 is 10.1 Å². The van der Waals surface area contributed by atoms with Gasteiger partial charge in [-0.05, 0) is 67.5 Å². The Morgan fingerprint density at radius 3 is 2.84 bits per heavy atom. The van der Waals surface area contributed by atoms with E-state index < -0.39 is 0 Å². The maximum absolute atomic E-state index is 12.8. The molecular formula is C24H28N4O2S2. The predicted octanol–water partition coefficient (Wildman–Crippen LogP) is 5.04. The zero-order chi connectivity index (χ0) is 22.1. The average molecular weight is 469 g/mol. The molecule has 1 amide bonds. The summed E-state index contributed by atoms with van der Waals surface area (Å²) >= 11 is 3.03. The molecule has 168 valence electrons. The van der Waals surface area contributed by atoms with Gasteiger partial charge in [0.15, 0.2) is 11.0 Å². The van der Waals surface area contributed by atoms with Gasteiger partial charge in [0.2, 0.25) is 5.91 Å². The van der Waals surface area contributed by atoms with Crippen LogP contribution >= 0.6 is 23.1 Å². The summed E-state index contributed by atoms with van der Waals surface area (Å²) in [5, 5.41) is 14.8. The first-order valence-electron chi connectivity index (χ1n) is 11.2. The lowest BCUT2D eigenvalue weighted by Gasteiger charge is -2.28. The molecule has 4 atom stereocenters. The van der Waals surface area contributed by atoms with Crippen molar-refractivity contribution in [3.8, 4) is 22.1 Å². The van der Waals surface area contributed by atoms with Crippen LogP contribution in [0.25, 0.3) is 16.4 Å². The number of aromatic nitrogens is 3. The molecule has 3 aromatic rings. The van der Waals surface area contributed by atoms with Crippen molar-refractivity contribution in [2.24, 2.45) is 17.8 Å². The van der Waals surface area contributed by atoms with Crippen LogP contribution in [0.5, 0.6) is 5.75 Å². The molecule has 2 saturated carbocycles. The topological polar surface area (TPSA) is 69.0 Å². The Balaban J connectivity index is 1.33. The van der Waals surface area contributed by atoms with E-state index in [-0.39, 0.29) is 11.9 Å². The Kier molecular flexibility index (Phi) is 6.24. The molecule has 1 aromatic carbocycles. The highest BCUT2D eigenvalue weighted by atomic mass is 32.2. The Hall–Kier alpha value is -2.32. The number of thioether (sulfide) groups is 1. The summed E-state index contributed by atoms with van der Waals surface area (Å²) in [6.07, 6.45) is 5.33. The number of carbonyl (C=O) groups is 1. The monoisotopic (exact) mass is 468 g/mol. The molecule has 5 rings (SSSR count). The van der Waals surface area contributed by atoms with Gasteiger partial charge in [0.05, 0.1) is 23.4 Å². The highest BCUT2D eigenvalue weighted by Gasteiger charge is 2.42. The minimum absolute atomic E-state index is 0.0533. The van der Waals surface area contributed by atoms with Gasteiger partial charge in [0.25, 0.3) is 0 Å². The zero-order valence-electron chi connectivity index (χ0n) is 18.4. The van der Waals surface area contributed by atoms with Gasteiger partial charge in [0, 0.05) is 6.04 Å². The molecule has 0 aliphatic heterocycles. The van der Waals surface area contributed by atoms with Crippen LogP contribution in [0.2, 0.25) is 0 Å². The summed E-state index contributed by atoms with van der Waals surface area (Å²) in [5.41, 5.74) is 0.863. The van der Waals surface area contributed by atoms with Crippen LogP contribution in [-0.2, 0) is 4.79 Å². The fraction of sp³-hybridized carbons (Fsp3) is 0.458. The number of carbonyl (C=O) groups excluding carboxylic acids is 1. The van der Waals surface area contributed by atoms with E-state index in [1.807, 2.05) is 46.3 Å². The van der Waals surface area contributed by atoms with Gasteiger partial charge in [-0.3, -0.25) is 9.36 Å². The Labute approximate surface area is 196 Å². The molecular weight excluding hydrogens is 440 g/mol. The van der Waals surface area contributed by atoms with Crippen molar-refractivity contribution < 1.29 is 9.53 Å². The average Bonchev–Trinajstić information content (AvgIpc) is 3.61. The van der Waals surface area contributed by atoms with Gasteiger partial charge in [-0.25, -0.2) is 0 Å². The summed E-state index contributed by atoms with van der Waals surface area (Å²) in [6.45, 7) is 2.17. The summed E-state index contributed by atoms with van der Waals surface area (Å²) in [4.78, 5) is 13.8. The van der Waals surface area contributed by atoms with Crippen molar-refractivity contribution in [3.63, 3.8) is 0 Å². The number of benzene rings is 1. The lowest BCUT2D eigenvalue weighted by atomic mass is 9.84. The second-order valence-corrected chi connectivity index (χ2v) is 10.7. The van der Waals surface area contributed by atoms with Crippen LogP contribution in [-0.4, -0.2) is 39.6 Å². The fourth-order valence-corrected chi connectivity index (χ4v) is 6.85. The van der Waals surface area contributed by atoms with Crippen LogP contribution in [0, 0.1) is 17.8 Å². The molecule has 0 saturated heterocycles. The van der Waals surface area contributed by atoms with Crippen molar-refractivity contribution in [1.29, 1.82) is 0 Å². The molecule has 2 aliphatic carbocycles. The minimum atomic E-state index is 0.0533. The van der Waals surface area contributed by atoms with Gasteiger partial charge in [-0.2, -0.15) is 0 Å². The number of para-hydroxylation sites is 2. The van der Waals surface area contributed by atoms with E-state index >= 15 is 0 Å². The number of rotatable bonds is 8. The second-order valence-electron chi connectivity index (χ2n) is 8.77. The Morgan fingerprint density at radius 2 is 2.12 bits per heavy atom. The molecule has 6 nitrogen and oxygen atoms in total. The van der Waals surface area contributed by atoms with Crippen molar-refractivity contribution in [2.45, 2.75) is 43.8 Å². The molecule has 0 spiro atoms. The summed E-state index contributed by atoms with van der Waals surface area (Å²) in [7, 11) is 1.66. The molecule has 1 N–H and O–H groups in total. The van der Waals surface area contributed by atoms with Crippen molar-refractivity contribution in [1.82, 2.24) is 20.1 Å². The molecule has 4 unspecified atom stereocenters. The first-order valence-corrected chi connectivity index (χ1v) is 13.1. The molecule has 32 heavy (non-hydrogen) atoms. The van der Waals surface area contributed by atoms with Gasteiger partial charge in [0.1, 0.15) is 5.75 Å². The number of hydrogen-bond acceptors (Lipinski definition) is 6. The highest BCUT2D eigenvalue weighted by molar-refractivity contribution is 7.99. The summed E-state index contributed by atoms with van der Waals surface area (Å²) < 4.78 is 7.58. The maximum atomic E-state index is 12.8. The minimum Gasteiger partial charge on any atom is -0.495 e. The molecule has 0 radical (unpaired) electrons. The van der Waals surface area contributed by atoms with Crippen molar-refractivity contribution >= 4 is 29.0 Å². The van der Waals surface area contributed by atoms with Crippen LogP contribution in [0.15, 0.2) is 46.9 Å². The smallest absolute Gasteiger partial charge is 0.230 e. The third kappa shape index (κ3) is 4.18. The summed E-state index contributed by atoms with van der Waals surface area (Å²) in [5.74, 6) is 4.16.